The van der Waals surface area contributed by atoms with Crippen LogP contribution in [0, 0.1) is 6.92 Å². The van der Waals surface area contributed by atoms with E-state index in [9.17, 15) is 9.59 Å². The first-order chi connectivity index (χ1) is 8.13. The van der Waals surface area contributed by atoms with Crippen LogP contribution in [0.15, 0.2) is 26.9 Å². The molecule has 0 aromatic carbocycles. The summed E-state index contributed by atoms with van der Waals surface area (Å²) in [6.45, 7) is 2.05. The van der Waals surface area contributed by atoms with E-state index in [-0.39, 0.29) is 11.4 Å². The molecule has 7 heteroatoms. The third-order valence-electron chi connectivity index (χ3n) is 2.40. The topological polar surface area (TPSA) is 90.3 Å². The lowest BCUT2D eigenvalue weighted by atomic mass is 10.2. The number of aromatic nitrogens is 1. The Bertz CT molecular complexity index is 596. The van der Waals surface area contributed by atoms with Crippen LogP contribution in [0.25, 0.3) is 0 Å². The molecule has 0 atom stereocenters. The number of furan rings is 1. The normalized spacial score (nSPS) is 10.5. The van der Waals surface area contributed by atoms with Gasteiger partial charge < -0.3 is 4.42 Å². The van der Waals surface area contributed by atoms with E-state index in [0.717, 1.165) is 17.0 Å². The first kappa shape index (κ1) is 11.6. The standard InChI is InChI=1S/C10H11N3O3S/c1-6-5-17-10(15)13(6)4-8-7(2-3-16-8)9(14)12-11/h2-3,5H,4,11H2,1H3,(H,12,14). The van der Waals surface area contributed by atoms with Gasteiger partial charge in [-0.1, -0.05) is 11.3 Å². The quantitative estimate of drug-likeness (QED) is 0.472. The predicted octanol–water partition coefficient (Wildman–Crippen LogP) is 0.463. The molecule has 1 amide bonds. The van der Waals surface area contributed by atoms with Crippen molar-refractivity contribution in [2.24, 2.45) is 5.84 Å². The molecular weight excluding hydrogens is 242 g/mol. The summed E-state index contributed by atoms with van der Waals surface area (Å²) in [5.74, 6) is 5.04. The van der Waals surface area contributed by atoms with Crippen LogP contribution in [-0.4, -0.2) is 10.5 Å². The van der Waals surface area contributed by atoms with Crippen LogP contribution in [0.5, 0.6) is 0 Å². The van der Waals surface area contributed by atoms with Crippen molar-refractivity contribution in [3.05, 3.63) is 44.4 Å². The number of amides is 1. The van der Waals surface area contributed by atoms with E-state index in [0.29, 0.717) is 11.3 Å². The molecule has 0 spiro atoms. The molecule has 0 aliphatic heterocycles. The number of carbonyl (C=O) groups is 1. The van der Waals surface area contributed by atoms with Crippen molar-refractivity contribution in [3.8, 4) is 0 Å². The smallest absolute Gasteiger partial charge is 0.307 e. The average Bonchev–Trinajstić information content (AvgIpc) is 2.90. The zero-order valence-electron chi connectivity index (χ0n) is 9.10. The summed E-state index contributed by atoms with van der Waals surface area (Å²) in [5, 5.41) is 1.76. The van der Waals surface area contributed by atoms with Crippen molar-refractivity contribution in [1.29, 1.82) is 0 Å². The van der Waals surface area contributed by atoms with Gasteiger partial charge in [0.15, 0.2) is 0 Å². The predicted molar refractivity (Wildman–Crippen MR) is 62.8 cm³/mol. The van der Waals surface area contributed by atoms with Gasteiger partial charge in [0, 0.05) is 11.1 Å². The largest absolute Gasteiger partial charge is 0.467 e. The molecule has 0 saturated carbocycles. The van der Waals surface area contributed by atoms with Gasteiger partial charge in [0.25, 0.3) is 5.91 Å². The van der Waals surface area contributed by atoms with Gasteiger partial charge in [0.1, 0.15) is 5.76 Å². The summed E-state index contributed by atoms with van der Waals surface area (Å²) in [7, 11) is 0. The summed E-state index contributed by atoms with van der Waals surface area (Å²) >= 11 is 1.11. The Morgan fingerprint density at radius 1 is 1.65 bits per heavy atom. The first-order valence-corrected chi connectivity index (χ1v) is 5.73. The third-order valence-corrected chi connectivity index (χ3v) is 3.28. The van der Waals surface area contributed by atoms with Crippen molar-refractivity contribution in [3.63, 3.8) is 0 Å². The van der Waals surface area contributed by atoms with Crippen LogP contribution in [0.2, 0.25) is 0 Å². The molecule has 0 saturated heterocycles. The van der Waals surface area contributed by atoms with Crippen LogP contribution in [0.3, 0.4) is 0 Å². The maximum absolute atomic E-state index is 11.5. The van der Waals surface area contributed by atoms with E-state index in [4.69, 9.17) is 10.3 Å². The Hall–Kier alpha value is -1.86. The van der Waals surface area contributed by atoms with Crippen LogP contribution in [0.1, 0.15) is 21.8 Å². The minimum Gasteiger partial charge on any atom is -0.467 e. The minimum atomic E-state index is -0.435. The van der Waals surface area contributed by atoms with E-state index in [1.165, 1.54) is 16.9 Å². The van der Waals surface area contributed by atoms with Gasteiger partial charge in [0.05, 0.1) is 18.4 Å². The van der Waals surface area contributed by atoms with Crippen LogP contribution >= 0.6 is 11.3 Å². The molecule has 0 bridgehead atoms. The molecule has 2 rings (SSSR count). The van der Waals surface area contributed by atoms with Gasteiger partial charge in [-0.05, 0) is 13.0 Å². The van der Waals surface area contributed by atoms with Crippen LogP contribution < -0.4 is 16.1 Å². The second kappa shape index (κ2) is 4.56. The van der Waals surface area contributed by atoms with Crippen molar-refractivity contribution < 1.29 is 9.21 Å². The number of hydrogen-bond donors (Lipinski definition) is 2. The Labute approximate surface area is 101 Å². The van der Waals surface area contributed by atoms with E-state index in [2.05, 4.69) is 0 Å². The summed E-state index contributed by atoms with van der Waals surface area (Å²) in [6.07, 6.45) is 1.40. The Kier molecular flexibility index (Phi) is 3.12. The maximum atomic E-state index is 11.5. The van der Waals surface area contributed by atoms with E-state index in [1.54, 1.807) is 5.38 Å². The highest BCUT2D eigenvalue weighted by Gasteiger charge is 2.15. The summed E-state index contributed by atoms with van der Waals surface area (Å²) in [4.78, 5) is 22.9. The second-order valence-corrected chi connectivity index (χ2v) is 4.28. The number of aryl methyl sites for hydroxylation is 1. The fraction of sp³-hybridized carbons (Fsp3) is 0.200. The number of nitrogens with one attached hydrogen (secondary N) is 1. The number of nitrogens with two attached hydrogens (primary N) is 1. The molecule has 0 unspecified atom stereocenters. The Morgan fingerprint density at radius 2 is 2.41 bits per heavy atom. The molecule has 2 heterocycles. The molecule has 6 nitrogen and oxygen atoms in total. The van der Waals surface area contributed by atoms with Gasteiger partial charge in [-0.15, -0.1) is 0 Å². The molecular formula is C10H11N3O3S. The fourth-order valence-electron chi connectivity index (χ4n) is 1.48. The maximum Gasteiger partial charge on any atom is 0.307 e. The Morgan fingerprint density at radius 3 is 3.00 bits per heavy atom. The molecule has 3 N–H and O–H groups in total. The van der Waals surface area contributed by atoms with E-state index >= 15 is 0 Å². The number of nitrogens with zero attached hydrogens (tertiary/aromatic N) is 1. The lowest BCUT2D eigenvalue weighted by molar-refractivity contribution is 0.0951. The number of hydrogen-bond acceptors (Lipinski definition) is 5. The molecule has 2 aromatic rings. The molecule has 2 aromatic heterocycles. The highest BCUT2D eigenvalue weighted by atomic mass is 32.1. The highest BCUT2D eigenvalue weighted by molar-refractivity contribution is 7.07. The molecule has 0 radical (unpaired) electrons. The van der Waals surface area contributed by atoms with Crippen molar-refractivity contribution >= 4 is 17.2 Å². The van der Waals surface area contributed by atoms with Crippen LogP contribution in [-0.2, 0) is 6.54 Å². The zero-order chi connectivity index (χ0) is 12.4. The van der Waals surface area contributed by atoms with Gasteiger partial charge >= 0.3 is 4.87 Å². The molecule has 0 aliphatic carbocycles. The molecule has 0 aliphatic rings. The molecule has 17 heavy (non-hydrogen) atoms. The van der Waals surface area contributed by atoms with Crippen molar-refractivity contribution in [2.45, 2.75) is 13.5 Å². The van der Waals surface area contributed by atoms with E-state index < -0.39 is 5.91 Å². The SMILES string of the molecule is Cc1csc(=O)n1Cc1occc1C(=O)NN. The highest BCUT2D eigenvalue weighted by Crippen LogP contribution is 2.13. The van der Waals surface area contributed by atoms with Gasteiger partial charge in [-0.2, -0.15) is 0 Å². The van der Waals surface area contributed by atoms with Crippen molar-refractivity contribution in [1.82, 2.24) is 9.99 Å². The molecule has 0 fully saturated rings. The van der Waals surface area contributed by atoms with Gasteiger partial charge in [-0.25, -0.2) is 5.84 Å². The lowest BCUT2D eigenvalue weighted by Gasteiger charge is -2.04. The lowest BCUT2D eigenvalue weighted by Crippen LogP contribution is -2.30. The fourth-order valence-corrected chi connectivity index (χ4v) is 2.22. The number of hydrazine groups is 1. The third kappa shape index (κ3) is 2.15. The number of rotatable bonds is 3. The van der Waals surface area contributed by atoms with E-state index in [1.807, 2.05) is 12.3 Å². The number of carbonyl (C=O) groups excluding carboxylic acids is 1. The Balaban J connectivity index is 2.34. The minimum absolute atomic E-state index is 0.0852. The first-order valence-electron chi connectivity index (χ1n) is 4.85. The number of thiazole rings is 1. The van der Waals surface area contributed by atoms with Gasteiger partial charge in [0.2, 0.25) is 0 Å². The average molecular weight is 253 g/mol. The second-order valence-electron chi connectivity index (χ2n) is 3.46. The van der Waals surface area contributed by atoms with Gasteiger partial charge in [-0.3, -0.25) is 19.6 Å². The van der Waals surface area contributed by atoms with Crippen molar-refractivity contribution in [2.75, 3.05) is 0 Å². The number of nitrogen functional groups attached to an aromatic ring is 1. The summed E-state index contributed by atoms with van der Waals surface area (Å²) in [6, 6.07) is 1.52. The summed E-state index contributed by atoms with van der Waals surface area (Å²) < 4.78 is 6.74. The monoisotopic (exact) mass is 253 g/mol. The summed E-state index contributed by atoms with van der Waals surface area (Å²) in [5.41, 5.74) is 3.20. The van der Waals surface area contributed by atoms with Crippen LogP contribution in [0.4, 0.5) is 0 Å². The molecule has 90 valence electrons. The zero-order valence-corrected chi connectivity index (χ0v) is 9.91.